The minimum atomic E-state index is -0.361. The van der Waals surface area contributed by atoms with Crippen LogP contribution in [0, 0.1) is 0 Å². The van der Waals surface area contributed by atoms with Gasteiger partial charge in [0, 0.05) is 13.3 Å². The summed E-state index contributed by atoms with van der Waals surface area (Å²) in [5.74, 6) is 0. The molecule has 0 aliphatic carbocycles. The largest absolute Gasteiger partial charge is 0.282 e. The third-order valence-corrected chi connectivity index (χ3v) is 0.545. The smallest absolute Gasteiger partial charge is 0.221 e. The standard InChI is InChI=1S/C3H5ClO.C2H3ClO/c1-2-3(4)5;1-2(3)4/h2H2,1H3;1H3. The van der Waals surface area contributed by atoms with E-state index < -0.39 is 0 Å². The Labute approximate surface area is 64.1 Å². The predicted molar refractivity (Wildman–Crippen MR) is 37.7 cm³/mol. The zero-order chi connectivity index (χ0) is 7.86. The van der Waals surface area contributed by atoms with Gasteiger partial charge in [0.15, 0.2) is 0 Å². The lowest BCUT2D eigenvalue weighted by molar-refractivity contribution is -0.111. The van der Waals surface area contributed by atoms with Crippen molar-refractivity contribution in [2.24, 2.45) is 0 Å². The quantitative estimate of drug-likeness (QED) is 0.565. The molecule has 0 aromatic heterocycles. The lowest BCUT2D eigenvalue weighted by atomic mass is 10.6. The maximum Gasteiger partial charge on any atom is 0.221 e. The molecule has 0 unspecified atom stereocenters. The first-order chi connectivity index (χ1) is 4.00. The maximum atomic E-state index is 9.58. The summed E-state index contributed by atoms with van der Waals surface area (Å²) in [6, 6.07) is 0. The van der Waals surface area contributed by atoms with Crippen molar-refractivity contribution >= 4 is 33.7 Å². The molecule has 0 aliphatic rings. The van der Waals surface area contributed by atoms with Crippen LogP contribution in [0.15, 0.2) is 0 Å². The van der Waals surface area contributed by atoms with E-state index in [2.05, 4.69) is 11.6 Å². The molecule has 0 N–H and O–H groups in total. The van der Waals surface area contributed by atoms with Crippen LogP contribution in [-0.2, 0) is 9.59 Å². The molecule has 0 amide bonds. The Morgan fingerprint density at radius 1 is 1.33 bits per heavy atom. The number of hydrogen-bond donors (Lipinski definition) is 0. The van der Waals surface area contributed by atoms with Crippen LogP contribution in [0.5, 0.6) is 0 Å². The molecule has 54 valence electrons. The Bertz CT molecular complexity index is 97.1. The van der Waals surface area contributed by atoms with Crippen molar-refractivity contribution in [2.75, 3.05) is 0 Å². The lowest BCUT2D eigenvalue weighted by Crippen LogP contribution is -1.74. The van der Waals surface area contributed by atoms with Crippen LogP contribution < -0.4 is 0 Å². The molecular formula is C5H8Cl2O2. The highest BCUT2D eigenvalue weighted by molar-refractivity contribution is 6.63. The highest BCUT2D eigenvalue weighted by Gasteiger charge is 1.81. The normalized spacial score (nSPS) is 7.11. The fourth-order valence-electron chi connectivity index (χ4n) is 0. The maximum absolute atomic E-state index is 9.58. The summed E-state index contributed by atoms with van der Waals surface area (Å²) in [6.45, 7) is 3.01. The van der Waals surface area contributed by atoms with Crippen LogP contribution in [0.2, 0.25) is 0 Å². The van der Waals surface area contributed by atoms with Gasteiger partial charge in [-0.3, -0.25) is 9.59 Å². The van der Waals surface area contributed by atoms with Gasteiger partial charge in [-0.2, -0.15) is 0 Å². The third kappa shape index (κ3) is 75.3. The fraction of sp³-hybridized carbons (Fsp3) is 0.600. The molecule has 0 saturated carbocycles. The van der Waals surface area contributed by atoms with E-state index in [1.807, 2.05) is 0 Å². The van der Waals surface area contributed by atoms with E-state index in [4.69, 9.17) is 11.6 Å². The van der Waals surface area contributed by atoms with E-state index in [0.29, 0.717) is 6.42 Å². The molecule has 0 aliphatic heterocycles. The summed E-state index contributed by atoms with van der Waals surface area (Å²) in [4.78, 5) is 18.8. The minimum absolute atomic E-state index is 0.273. The molecule has 9 heavy (non-hydrogen) atoms. The van der Waals surface area contributed by atoms with Gasteiger partial charge in [-0.15, -0.1) is 0 Å². The Hall–Kier alpha value is -0.0800. The van der Waals surface area contributed by atoms with Gasteiger partial charge in [0.1, 0.15) is 0 Å². The summed E-state index contributed by atoms with van der Waals surface area (Å²) in [5.41, 5.74) is 0. The van der Waals surface area contributed by atoms with Crippen LogP contribution in [0.4, 0.5) is 0 Å². The molecule has 0 heterocycles. The summed E-state index contributed by atoms with van der Waals surface area (Å²) >= 11 is 9.46. The van der Waals surface area contributed by atoms with Gasteiger partial charge in [-0.1, -0.05) is 6.92 Å². The average molecular weight is 171 g/mol. The van der Waals surface area contributed by atoms with Gasteiger partial charge in [0.2, 0.25) is 10.5 Å². The van der Waals surface area contributed by atoms with Crippen molar-refractivity contribution in [3.8, 4) is 0 Å². The summed E-state index contributed by atoms with van der Waals surface area (Å²) in [5, 5.41) is -0.634. The zero-order valence-electron chi connectivity index (χ0n) is 5.28. The first kappa shape index (κ1) is 11.7. The third-order valence-electron chi connectivity index (χ3n) is 0.278. The highest BCUT2D eigenvalue weighted by Crippen LogP contribution is 1.81. The first-order valence-electron chi connectivity index (χ1n) is 2.35. The molecule has 0 saturated heterocycles. The van der Waals surface area contributed by atoms with E-state index in [1.165, 1.54) is 6.92 Å². The molecule has 4 heteroatoms. The molecule has 0 rings (SSSR count). The minimum Gasteiger partial charge on any atom is -0.282 e. The molecule has 0 bridgehead atoms. The fourth-order valence-corrected chi connectivity index (χ4v) is 0. The number of halogens is 2. The number of carbonyl (C=O) groups is 2. The average Bonchev–Trinajstić information content (AvgIpc) is 1.65. The first-order valence-corrected chi connectivity index (χ1v) is 3.10. The molecule has 0 aromatic rings. The molecule has 0 aromatic carbocycles. The topological polar surface area (TPSA) is 34.1 Å². The number of hydrogen-bond acceptors (Lipinski definition) is 2. The van der Waals surface area contributed by atoms with Gasteiger partial charge in [-0.25, -0.2) is 0 Å². The Morgan fingerprint density at radius 2 is 1.44 bits per heavy atom. The van der Waals surface area contributed by atoms with E-state index in [0.717, 1.165) is 0 Å². The Balaban J connectivity index is 0. The Kier molecular flexibility index (Phi) is 10.3. The molecular weight excluding hydrogens is 163 g/mol. The van der Waals surface area contributed by atoms with E-state index in [1.54, 1.807) is 6.92 Å². The van der Waals surface area contributed by atoms with Gasteiger partial charge >= 0.3 is 0 Å². The molecule has 0 spiro atoms. The predicted octanol–water partition coefficient (Wildman–Crippen LogP) is 1.93. The number of carbonyl (C=O) groups excluding carboxylic acids is 2. The van der Waals surface area contributed by atoms with Crippen molar-refractivity contribution in [2.45, 2.75) is 20.3 Å². The van der Waals surface area contributed by atoms with Crippen molar-refractivity contribution in [3.05, 3.63) is 0 Å². The van der Waals surface area contributed by atoms with Crippen LogP contribution in [-0.4, -0.2) is 10.5 Å². The SMILES string of the molecule is CC(=O)Cl.CCC(=O)Cl. The number of rotatable bonds is 1. The van der Waals surface area contributed by atoms with Gasteiger partial charge in [0.25, 0.3) is 0 Å². The van der Waals surface area contributed by atoms with Crippen molar-refractivity contribution in [1.82, 2.24) is 0 Å². The van der Waals surface area contributed by atoms with E-state index >= 15 is 0 Å². The van der Waals surface area contributed by atoms with Crippen LogP contribution in [0.25, 0.3) is 0 Å². The van der Waals surface area contributed by atoms with E-state index in [9.17, 15) is 9.59 Å². The molecule has 0 fully saturated rings. The van der Waals surface area contributed by atoms with Crippen LogP contribution in [0.1, 0.15) is 20.3 Å². The van der Waals surface area contributed by atoms with Crippen molar-refractivity contribution < 1.29 is 9.59 Å². The zero-order valence-corrected chi connectivity index (χ0v) is 6.79. The summed E-state index contributed by atoms with van der Waals surface area (Å²) in [6.07, 6.45) is 0.432. The second kappa shape index (κ2) is 7.92. The van der Waals surface area contributed by atoms with Crippen molar-refractivity contribution in [1.29, 1.82) is 0 Å². The summed E-state index contributed by atoms with van der Waals surface area (Å²) < 4.78 is 0. The molecule has 0 radical (unpaired) electrons. The van der Waals surface area contributed by atoms with Crippen LogP contribution >= 0.6 is 23.2 Å². The second-order valence-corrected chi connectivity index (χ2v) is 2.13. The Morgan fingerprint density at radius 3 is 1.44 bits per heavy atom. The monoisotopic (exact) mass is 170 g/mol. The lowest BCUT2D eigenvalue weighted by Gasteiger charge is -1.68. The van der Waals surface area contributed by atoms with Crippen molar-refractivity contribution in [3.63, 3.8) is 0 Å². The molecule has 0 atom stereocenters. The van der Waals surface area contributed by atoms with Gasteiger partial charge < -0.3 is 0 Å². The second-order valence-electron chi connectivity index (χ2n) is 1.18. The molecule has 2 nitrogen and oxygen atoms in total. The summed E-state index contributed by atoms with van der Waals surface area (Å²) in [7, 11) is 0. The van der Waals surface area contributed by atoms with E-state index in [-0.39, 0.29) is 10.5 Å². The highest BCUT2D eigenvalue weighted by atomic mass is 35.5. The van der Waals surface area contributed by atoms with Gasteiger partial charge in [0.05, 0.1) is 0 Å². The van der Waals surface area contributed by atoms with Crippen LogP contribution in [0.3, 0.4) is 0 Å². The van der Waals surface area contributed by atoms with Gasteiger partial charge in [-0.05, 0) is 23.2 Å².